The van der Waals surface area contributed by atoms with Gasteiger partial charge in [-0.25, -0.2) is 0 Å². The van der Waals surface area contributed by atoms with Gasteiger partial charge in [-0.1, -0.05) is 146 Å². The number of aryl methyl sites for hydroxylation is 1. The SMILES string of the molecule is CO[Si](CCCCCCCCCCc1cc(C(Br)(Br)Br)cc(C(Br)(Br)Br)c1)(OC)OC. The summed E-state index contributed by atoms with van der Waals surface area (Å²) >= 11 is 21.8. The molecule has 1 aromatic rings. The Balaban J connectivity index is 2.32. The zero-order chi connectivity index (χ0) is 23.5. The first-order valence-corrected chi connectivity index (χ1v) is 17.1. The Bertz CT molecular complexity index is 604. The van der Waals surface area contributed by atoms with E-state index in [0.29, 0.717) is 0 Å². The van der Waals surface area contributed by atoms with Gasteiger partial charge >= 0.3 is 8.80 Å². The summed E-state index contributed by atoms with van der Waals surface area (Å²) < 4.78 is 15.6. The standard InChI is InChI=1S/C21H32Br6O3Si/c1-28-31(29-2,30-3)13-11-9-7-5-4-6-8-10-12-17-14-18(20(22,23)24)16-19(15-17)21(25,26)27/h14-16H,4-13H2,1-3H3. The van der Waals surface area contributed by atoms with Crippen LogP contribution < -0.4 is 0 Å². The highest BCUT2D eigenvalue weighted by Crippen LogP contribution is 2.49. The van der Waals surface area contributed by atoms with Crippen LogP contribution in [0.15, 0.2) is 18.2 Å². The number of alkyl halides is 6. The molecule has 0 saturated heterocycles. The second kappa shape index (κ2) is 15.3. The third kappa shape index (κ3) is 12.1. The summed E-state index contributed by atoms with van der Waals surface area (Å²) in [7, 11) is 2.66. The molecule has 0 aromatic heterocycles. The van der Waals surface area contributed by atoms with Crippen LogP contribution in [0.5, 0.6) is 0 Å². The number of rotatable bonds is 14. The molecule has 0 saturated carbocycles. The molecule has 10 heteroatoms. The Morgan fingerprint density at radius 1 is 0.613 bits per heavy atom. The molecular weight excluding hydrogens is 808 g/mol. The minimum Gasteiger partial charge on any atom is -0.377 e. The van der Waals surface area contributed by atoms with Crippen molar-refractivity contribution >= 4 is 104 Å². The van der Waals surface area contributed by atoms with Crippen LogP contribution in [0.3, 0.4) is 0 Å². The molecule has 0 fully saturated rings. The number of halogens is 6. The van der Waals surface area contributed by atoms with Crippen molar-refractivity contribution in [3.05, 3.63) is 34.9 Å². The highest BCUT2D eigenvalue weighted by molar-refractivity contribution is 9.39. The summed E-state index contributed by atoms with van der Waals surface area (Å²) in [6.45, 7) is 0. The van der Waals surface area contributed by atoms with E-state index in [1.165, 1.54) is 50.5 Å². The lowest BCUT2D eigenvalue weighted by Gasteiger charge is -2.24. The van der Waals surface area contributed by atoms with Crippen LogP contribution >= 0.6 is 95.6 Å². The summed E-state index contributed by atoms with van der Waals surface area (Å²) in [6, 6.07) is 7.51. The number of hydrogen-bond donors (Lipinski definition) is 0. The highest BCUT2D eigenvalue weighted by atomic mass is 80.0. The predicted molar refractivity (Wildman–Crippen MR) is 156 cm³/mol. The van der Waals surface area contributed by atoms with E-state index < -0.39 is 13.1 Å². The Labute approximate surface area is 239 Å². The van der Waals surface area contributed by atoms with E-state index in [0.717, 1.165) is 30.0 Å². The van der Waals surface area contributed by atoms with Crippen LogP contribution in [-0.2, 0) is 24.0 Å². The largest absolute Gasteiger partial charge is 0.500 e. The molecule has 1 rings (SSSR count). The fraction of sp³-hybridized carbons (Fsp3) is 0.714. The van der Waals surface area contributed by atoms with Gasteiger partial charge in [0.1, 0.15) is 0 Å². The van der Waals surface area contributed by atoms with Gasteiger partial charge in [0, 0.05) is 27.4 Å². The molecule has 0 bridgehead atoms. The molecule has 0 aliphatic rings. The molecular formula is C21H32Br6O3Si. The smallest absolute Gasteiger partial charge is 0.377 e. The van der Waals surface area contributed by atoms with Gasteiger partial charge in [-0.2, -0.15) is 0 Å². The van der Waals surface area contributed by atoms with Gasteiger partial charge in [0.05, 0.1) is 0 Å². The van der Waals surface area contributed by atoms with Crippen LogP contribution in [0.4, 0.5) is 0 Å². The third-order valence-corrected chi connectivity index (χ3v) is 10.9. The molecule has 0 N–H and O–H groups in total. The average Bonchev–Trinajstić information content (AvgIpc) is 2.71. The Morgan fingerprint density at radius 2 is 1.00 bits per heavy atom. The minimum atomic E-state index is -2.39. The lowest BCUT2D eigenvalue weighted by atomic mass is 10.0. The fourth-order valence-corrected chi connectivity index (χ4v) is 6.62. The topological polar surface area (TPSA) is 27.7 Å². The lowest BCUT2D eigenvalue weighted by molar-refractivity contribution is 0.122. The summed E-state index contributed by atoms with van der Waals surface area (Å²) in [5, 5.41) is 0. The second-order valence-electron chi connectivity index (χ2n) is 7.54. The Hall–Kier alpha value is 2.20. The maximum atomic E-state index is 5.48. The summed E-state index contributed by atoms with van der Waals surface area (Å²) in [6.07, 6.45) is 11.0. The van der Waals surface area contributed by atoms with Crippen molar-refractivity contribution in [2.24, 2.45) is 0 Å². The van der Waals surface area contributed by atoms with Gasteiger partial charge in [0.15, 0.2) is 4.29 Å². The van der Waals surface area contributed by atoms with Crippen molar-refractivity contribution in [3.8, 4) is 0 Å². The van der Waals surface area contributed by atoms with Gasteiger partial charge < -0.3 is 13.3 Å². The van der Waals surface area contributed by atoms with E-state index >= 15 is 0 Å². The van der Waals surface area contributed by atoms with Gasteiger partial charge in [0.25, 0.3) is 0 Å². The Kier molecular flexibility index (Phi) is 15.5. The zero-order valence-corrected chi connectivity index (χ0v) is 28.8. The fourth-order valence-electron chi connectivity index (χ4n) is 3.45. The molecule has 0 amide bonds. The van der Waals surface area contributed by atoms with Crippen LogP contribution in [0.25, 0.3) is 0 Å². The first-order chi connectivity index (χ1) is 14.5. The first-order valence-electron chi connectivity index (χ1n) is 10.4. The molecule has 0 radical (unpaired) electrons. The molecule has 180 valence electrons. The van der Waals surface area contributed by atoms with E-state index in [9.17, 15) is 0 Å². The molecule has 3 nitrogen and oxygen atoms in total. The van der Waals surface area contributed by atoms with Crippen LogP contribution in [-0.4, -0.2) is 30.1 Å². The van der Waals surface area contributed by atoms with Crippen molar-refractivity contribution in [3.63, 3.8) is 0 Å². The van der Waals surface area contributed by atoms with Crippen LogP contribution in [0, 0.1) is 0 Å². The molecule has 0 atom stereocenters. The van der Waals surface area contributed by atoms with E-state index in [1.807, 2.05) is 0 Å². The lowest BCUT2D eigenvalue weighted by Crippen LogP contribution is -2.42. The van der Waals surface area contributed by atoms with E-state index in [2.05, 4.69) is 114 Å². The van der Waals surface area contributed by atoms with E-state index in [1.54, 1.807) is 21.3 Å². The summed E-state index contributed by atoms with van der Waals surface area (Å²) in [5.74, 6) is 0. The maximum Gasteiger partial charge on any atom is 0.500 e. The molecule has 0 aliphatic carbocycles. The average molecular weight is 840 g/mol. The third-order valence-electron chi connectivity index (χ3n) is 5.28. The maximum absolute atomic E-state index is 5.48. The predicted octanol–water partition coefficient (Wildman–Crippen LogP) is 9.82. The first kappa shape index (κ1) is 31.2. The van der Waals surface area contributed by atoms with E-state index in [-0.39, 0.29) is 0 Å². The van der Waals surface area contributed by atoms with Gasteiger partial charge in [-0.15, -0.1) is 0 Å². The van der Waals surface area contributed by atoms with Gasteiger partial charge in [-0.3, -0.25) is 0 Å². The second-order valence-corrected chi connectivity index (χ2v) is 24.2. The van der Waals surface area contributed by atoms with Crippen molar-refractivity contribution < 1.29 is 13.3 Å². The number of hydrogen-bond acceptors (Lipinski definition) is 3. The summed E-state index contributed by atoms with van der Waals surface area (Å²) in [5.41, 5.74) is 3.59. The molecule has 0 aliphatic heterocycles. The quantitative estimate of drug-likeness (QED) is 0.106. The van der Waals surface area contributed by atoms with Gasteiger partial charge in [0.2, 0.25) is 0 Å². The Morgan fingerprint density at radius 3 is 1.39 bits per heavy atom. The molecule has 31 heavy (non-hydrogen) atoms. The molecule has 1 aromatic carbocycles. The molecule has 0 unspecified atom stereocenters. The molecule has 0 heterocycles. The highest BCUT2D eigenvalue weighted by Gasteiger charge is 2.36. The van der Waals surface area contributed by atoms with Crippen LogP contribution in [0.1, 0.15) is 68.1 Å². The minimum absolute atomic E-state index is 0.423. The number of benzene rings is 1. The summed E-state index contributed by atoms with van der Waals surface area (Å²) in [4.78, 5) is 0. The number of unbranched alkanes of at least 4 members (excludes halogenated alkanes) is 7. The van der Waals surface area contributed by atoms with Crippen molar-refractivity contribution in [2.75, 3.05) is 21.3 Å². The normalized spacial score (nSPS) is 13.1. The van der Waals surface area contributed by atoms with E-state index in [4.69, 9.17) is 13.3 Å². The zero-order valence-electron chi connectivity index (χ0n) is 18.3. The molecule has 0 spiro atoms. The monoisotopic (exact) mass is 834 g/mol. The van der Waals surface area contributed by atoms with Gasteiger partial charge in [-0.05, 0) is 42.0 Å². The van der Waals surface area contributed by atoms with Crippen molar-refractivity contribution in [1.82, 2.24) is 0 Å². The van der Waals surface area contributed by atoms with Crippen LogP contribution in [0.2, 0.25) is 6.04 Å². The van der Waals surface area contributed by atoms with Crippen molar-refractivity contribution in [1.29, 1.82) is 0 Å². The van der Waals surface area contributed by atoms with Crippen molar-refractivity contribution in [2.45, 2.75) is 68.1 Å².